The van der Waals surface area contributed by atoms with Crippen LogP contribution in [0.3, 0.4) is 0 Å². The van der Waals surface area contributed by atoms with Gasteiger partial charge in [0, 0.05) is 29.9 Å². The summed E-state index contributed by atoms with van der Waals surface area (Å²) < 4.78 is 26.7. The fraction of sp³-hybridized carbons (Fsp3) is 0.714. The molecule has 1 rings (SSSR count). The Bertz CT molecular complexity index is 477. The summed E-state index contributed by atoms with van der Waals surface area (Å²) in [4.78, 5) is 1.52. The monoisotopic (exact) mass is 318 g/mol. The lowest BCUT2D eigenvalue weighted by Crippen LogP contribution is -2.32. The van der Waals surface area contributed by atoms with Crippen molar-refractivity contribution in [2.45, 2.75) is 51.5 Å². The maximum Gasteiger partial charge on any atom is 0.243 e. The topological polar surface area (TPSA) is 49.4 Å². The summed E-state index contributed by atoms with van der Waals surface area (Å²) in [6.07, 6.45) is 2.76. The molecule has 0 saturated carbocycles. The Labute approximate surface area is 127 Å². The van der Waals surface area contributed by atoms with E-state index in [4.69, 9.17) is 0 Å². The highest BCUT2D eigenvalue weighted by Gasteiger charge is 2.24. The summed E-state index contributed by atoms with van der Waals surface area (Å²) in [5.74, 6) is 0. The van der Waals surface area contributed by atoms with E-state index in [0.717, 1.165) is 37.2 Å². The number of nitrogens with zero attached hydrogens (tertiary/aromatic N) is 1. The largest absolute Gasteiger partial charge is 0.312 e. The normalized spacial score (nSPS) is 12.2. The highest BCUT2D eigenvalue weighted by molar-refractivity contribution is 7.89. The van der Waals surface area contributed by atoms with E-state index in [0.29, 0.717) is 18.0 Å². The van der Waals surface area contributed by atoms with Gasteiger partial charge < -0.3 is 5.32 Å². The van der Waals surface area contributed by atoms with Crippen LogP contribution in [0.25, 0.3) is 0 Å². The number of hydrogen-bond donors (Lipinski definition) is 1. The summed E-state index contributed by atoms with van der Waals surface area (Å²) in [5.41, 5.74) is 0. The number of nitrogens with one attached hydrogen (secondary N) is 1. The maximum atomic E-state index is 12.6. The molecular weight excluding hydrogens is 292 g/mol. The van der Waals surface area contributed by atoms with Crippen molar-refractivity contribution >= 4 is 21.4 Å². The van der Waals surface area contributed by atoms with Crippen LogP contribution in [0.5, 0.6) is 0 Å². The van der Waals surface area contributed by atoms with Gasteiger partial charge >= 0.3 is 0 Å². The zero-order valence-corrected chi connectivity index (χ0v) is 14.3. The quantitative estimate of drug-likeness (QED) is 0.675. The molecule has 0 atom stereocenters. The molecule has 0 amide bonds. The molecule has 0 saturated heterocycles. The average molecular weight is 319 g/mol. The minimum Gasteiger partial charge on any atom is -0.312 e. The molecule has 0 bridgehead atoms. The summed E-state index contributed by atoms with van der Waals surface area (Å²) in [6, 6.07) is 1.81. The van der Waals surface area contributed by atoms with Gasteiger partial charge in [0.25, 0.3) is 0 Å². The van der Waals surface area contributed by atoms with Gasteiger partial charge in [-0.1, -0.05) is 20.8 Å². The second-order valence-electron chi connectivity index (χ2n) is 4.83. The first-order valence-corrected chi connectivity index (χ1v) is 9.66. The van der Waals surface area contributed by atoms with Gasteiger partial charge in [-0.15, -0.1) is 11.3 Å². The average Bonchev–Trinajstić information content (AvgIpc) is 2.88. The molecule has 0 unspecified atom stereocenters. The van der Waals surface area contributed by atoms with Gasteiger partial charge in [-0.2, -0.15) is 4.31 Å². The van der Waals surface area contributed by atoms with Gasteiger partial charge in [0.05, 0.1) is 4.90 Å². The molecule has 4 nitrogen and oxygen atoms in total. The molecule has 0 aliphatic rings. The van der Waals surface area contributed by atoms with Crippen molar-refractivity contribution < 1.29 is 8.42 Å². The predicted molar refractivity (Wildman–Crippen MR) is 85.7 cm³/mol. The smallest absolute Gasteiger partial charge is 0.243 e. The van der Waals surface area contributed by atoms with Crippen molar-refractivity contribution in [2.75, 3.05) is 19.6 Å². The molecule has 0 aliphatic carbocycles. The van der Waals surface area contributed by atoms with Crippen LogP contribution in [-0.2, 0) is 16.6 Å². The van der Waals surface area contributed by atoms with Gasteiger partial charge in [0.15, 0.2) is 0 Å². The van der Waals surface area contributed by atoms with E-state index in [9.17, 15) is 8.42 Å². The van der Waals surface area contributed by atoms with Crippen LogP contribution in [0.15, 0.2) is 16.3 Å². The minimum absolute atomic E-state index is 0.442. The van der Waals surface area contributed by atoms with Crippen molar-refractivity contribution in [2.24, 2.45) is 0 Å². The Morgan fingerprint density at radius 3 is 2.35 bits per heavy atom. The minimum atomic E-state index is -3.32. The second kappa shape index (κ2) is 8.77. The second-order valence-corrected chi connectivity index (χ2v) is 7.76. The fourth-order valence-electron chi connectivity index (χ4n) is 1.98. The first-order chi connectivity index (χ1) is 9.56. The van der Waals surface area contributed by atoms with Crippen LogP contribution < -0.4 is 5.32 Å². The molecule has 6 heteroatoms. The van der Waals surface area contributed by atoms with Crippen LogP contribution in [0, 0.1) is 0 Å². The molecule has 0 aromatic carbocycles. The van der Waals surface area contributed by atoms with Gasteiger partial charge in [-0.05, 0) is 31.9 Å². The Morgan fingerprint density at radius 2 is 1.80 bits per heavy atom. The van der Waals surface area contributed by atoms with Gasteiger partial charge in [0.1, 0.15) is 0 Å². The molecule has 1 aromatic heterocycles. The van der Waals surface area contributed by atoms with E-state index >= 15 is 0 Å². The predicted octanol–water partition coefficient (Wildman–Crippen LogP) is 3.06. The highest BCUT2D eigenvalue weighted by Crippen LogP contribution is 2.23. The molecule has 0 radical (unpaired) electrons. The van der Waals surface area contributed by atoms with E-state index in [1.165, 1.54) is 11.3 Å². The zero-order valence-electron chi connectivity index (χ0n) is 12.7. The number of thiophene rings is 1. The Kier molecular flexibility index (Phi) is 7.72. The van der Waals surface area contributed by atoms with Crippen molar-refractivity contribution in [1.82, 2.24) is 9.62 Å². The molecule has 0 aliphatic heterocycles. The lowest BCUT2D eigenvalue weighted by Gasteiger charge is -2.20. The Morgan fingerprint density at radius 1 is 1.15 bits per heavy atom. The SMILES string of the molecule is CCCNCc1cc(S(=O)(=O)N(CCC)CCC)cs1. The summed E-state index contributed by atoms with van der Waals surface area (Å²) in [6.45, 7) is 9.01. The highest BCUT2D eigenvalue weighted by atomic mass is 32.2. The van der Waals surface area contributed by atoms with Crippen LogP contribution in [-0.4, -0.2) is 32.4 Å². The molecule has 0 spiro atoms. The van der Waals surface area contributed by atoms with E-state index in [-0.39, 0.29) is 0 Å². The molecule has 20 heavy (non-hydrogen) atoms. The Balaban J connectivity index is 2.80. The number of rotatable bonds is 10. The van der Waals surface area contributed by atoms with Crippen LogP contribution in [0.4, 0.5) is 0 Å². The Hall–Kier alpha value is -0.430. The fourth-order valence-corrected chi connectivity index (χ4v) is 4.83. The van der Waals surface area contributed by atoms with Crippen LogP contribution in [0.1, 0.15) is 44.9 Å². The first kappa shape index (κ1) is 17.6. The molecule has 1 aromatic rings. The number of sulfonamides is 1. The third-order valence-corrected chi connectivity index (χ3v) is 5.90. The van der Waals surface area contributed by atoms with Gasteiger partial charge in [0.2, 0.25) is 10.0 Å². The van der Waals surface area contributed by atoms with Crippen molar-refractivity contribution in [3.8, 4) is 0 Å². The third-order valence-electron chi connectivity index (χ3n) is 2.94. The van der Waals surface area contributed by atoms with E-state index in [2.05, 4.69) is 12.2 Å². The van der Waals surface area contributed by atoms with Crippen molar-refractivity contribution in [3.05, 3.63) is 16.3 Å². The van der Waals surface area contributed by atoms with Crippen LogP contribution in [0.2, 0.25) is 0 Å². The van der Waals surface area contributed by atoms with Crippen LogP contribution >= 0.6 is 11.3 Å². The first-order valence-electron chi connectivity index (χ1n) is 7.34. The van der Waals surface area contributed by atoms with Gasteiger partial charge in [-0.3, -0.25) is 0 Å². The van der Waals surface area contributed by atoms with Gasteiger partial charge in [-0.25, -0.2) is 8.42 Å². The lowest BCUT2D eigenvalue weighted by molar-refractivity contribution is 0.410. The molecular formula is C14H26N2O2S2. The number of hydrogen-bond acceptors (Lipinski definition) is 4. The summed E-state index contributed by atoms with van der Waals surface area (Å²) in [5, 5.41) is 5.06. The molecule has 116 valence electrons. The maximum absolute atomic E-state index is 12.6. The molecule has 1 N–H and O–H groups in total. The van der Waals surface area contributed by atoms with Crippen molar-refractivity contribution in [3.63, 3.8) is 0 Å². The summed E-state index contributed by atoms with van der Waals surface area (Å²) >= 11 is 1.51. The molecule has 0 fully saturated rings. The van der Waals surface area contributed by atoms with E-state index < -0.39 is 10.0 Å². The zero-order chi connectivity index (χ0) is 15.0. The van der Waals surface area contributed by atoms with E-state index in [1.807, 2.05) is 13.8 Å². The third kappa shape index (κ3) is 4.84. The van der Waals surface area contributed by atoms with Crippen molar-refractivity contribution in [1.29, 1.82) is 0 Å². The standard InChI is InChI=1S/C14H26N2O2S2/c1-4-7-15-11-13-10-14(12-19-13)20(17,18)16(8-5-2)9-6-3/h10,12,15H,4-9,11H2,1-3H3. The molecule has 1 heterocycles. The van der Waals surface area contributed by atoms with E-state index in [1.54, 1.807) is 15.8 Å². The lowest BCUT2D eigenvalue weighted by atomic mass is 10.4. The summed E-state index contributed by atoms with van der Waals surface area (Å²) in [7, 11) is -3.32.